The van der Waals surface area contributed by atoms with Gasteiger partial charge in [-0.15, -0.1) is 0 Å². The second kappa shape index (κ2) is 5.40. The van der Waals surface area contributed by atoms with Gasteiger partial charge in [0.1, 0.15) is 23.5 Å². The van der Waals surface area contributed by atoms with Gasteiger partial charge in [-0.05, 0) is 12.3 Å². The molecule has 0 spiro atoms. The van der Waals surface area contributed by atoms with Gasteiger partial charge in [-0.2, -0.15) is 5.26 Å². The third-order valence-corrected chi connectivity index (χ3v) is 4.05. The topological polar surface area (TPSA) is 73.0 Å². The minimum Gasteiger partial charge on any atom is -0.377 e. The molecule has 3 heterocycles. The van der Waals surface area contributed by atoms with E-state index >= 15 is 0 Å². The van der Waals surface area contributed by atoms with Crippen molar-refractivity contribution in [3.63, 3.8) is 0 Å². The van der Waals surface area contributed by atoms with Crippen LogP contribution in [0, 0.1) is 11.3 Å². The van der Waals surface area contributed by atoms with Crippen molar-refractivity contribution in [1.82, 2.24) is 14.5 Å². The van der Waals surface area contributed by atoms with Crippen LogP contribution in [-0.2, 0) is 9.47 Å². The summed E-state index contributed by atoms with van der Waals surface area (Å²) in [4.78, 5) is 8.77. The predicted molar refractivity (Wildman–Crippen MR) is 74.7 cm³/mol. The van der Waals surface area contributed by atoms with Crippen molar-refractivity contribution in [2.45, 2.75) is 17.3 Å². The van der Waals surface area contributed by atoms with Crippen LogP contribution >= 0.6 is 11.8 Å². The normalized spacial score (nSPS) is 22.2. The zero-order chi connectivity index (χ0) is 14.1. The van der Waals surface area contributed by atoms with Crippen LogP contribution < -0.4 is 0 Å². The van der Waals surface area contributed by atoms with E-state index in [0.717, 1.165) is 11.0 Å². The Hall–Kier alpha value is -1.62. The summed E-state index contributed by atoms with van der Waals surface area (Å²) in [6, 6.07) is 4.00. The van der Waals surface area contributed by atoms with Gasteiger partial charge in [0.2, 0.25) is 0 Å². The van der Waals surface area contributed by atoms with E-state index in [1.165, 1.54) is 11.8 Å². The van der Waals surface area contributed by atoms with Gasteiger partial charge in [0.05, 0.1) is 19.3 Å². The summed E-state index contributed by atoms with van der Waals surface area (Å²) in [5, 5.41) is 10.9. The molecule has 104 valence electrons. The van der Waals surface area contributed by atoms with E-state index in [-0.39, 0.29) is 12.1 Å². The van der Waals surface area contributed by atoms with Gasteiger partial charge in [-0.1, -0.05) is 11.8 Å². The molecule has 0 aliphatic carbocycles. The van der Waals surface area contributed by atoms with Crippen LogP contribution in [0.25, 0.3) is 11.0 Å². The van der Waals surface area contributed by atoms with Gasteiger partial charge in [0, 0.05) is 18.7 Å². The summed E-state index contributed by atoms with van der Waals surface area (Å²) in [6.07, 6.45) is 3.62. The minimum atomic E-state index is -0.0644. The number of hydrogen-bond donors (Lipinski definition) is 0. The van der Waals surface area contributed by atoms with Gasteiger partial charge < -0.3 is 14.0 Å². The molecule has 2 aromatic rings. The lowest BCUT2D eigenvalue weighted by atomic mass is 10.2. The Morgan fingerprint density at radius 3 is 3.10 bits per heavy atom. The number of ether oxygens (including phenoxy) is 2. The number of methoxy groups -OCH3 is 1. The maximum Gasteiger partial charge on any atom is 0.189 e. The lowest BCUT2D eigenvalue weighted by molar-refractivity contribution is 0.0690. The van der Waals surface area contributed by atoms with Crippen LogP contribution in [0.5, 0.6) is 0 Å². The van der Waals surface area contributed by atoms with E-state index < -0.39 is 0 Å². The molecule has 6 nitrogen and oxygen atoms in total. The number of nitriles is 1. The lowest BCUT2D eigenvalue weighted by Gasteiger charge is -2.19. The molecule has 1 fully saturated rings. The van der Waals surface area contributed by atoms with Crippen molar-refractivity contribution in [1.29, 1.82) is 5.26 Å². The van der Waals surface area contributed by atoms with E-state index in [0.29, 0.717) is 24.1 Å². The fraction of sp³-hybridized carbons (Fsp3) is 0.462. The number of hydrogen-bond acceptors (Lipinski definition) is 6. The van der Waals surface area contributed by atoms with Gasteiger partial charge in [0.25, 0.3) is 0 Å². The summed E-state index contributed by atoms with van der Waals surface area (Å²) >= 11 is 1.48. The Morgan fingerprint density at radius 2 is 2.40 bits per heavy atom. The highest BCUT2D eigenvalue weighted by molar-refractivity contribution is 7.98. The van der Waals surface area contributed by atoms with E-state index in [9.17, 15) is 5.26 Å². The van der Waals surface area contributed by atoms with E-state index in [1.54, 1.807) is 13.3 Å². The molecule has 2 atom stereocenters. The zero-order valence-corrected chi connectivity index (χ0v) is 12.1. The van der Waals surface area contributed by atoms with Crippen LogP contribution in [0.15, 0.2) is 17.4 Å². The summed E-state index contributed by atoms with van der Waals surface area (Å²) in [5.74, 6) is 0. The maximum atomic E-state index is 9.36. The van der Waals surface area contributed by atoms with Crippen molar-refractivity contribution in [3.05, 3.63) is 18.0 Å². The molecule has 0 aromatic carbocycles. The molecular formula is C13H14N4O2S. The van der Waals surface area contributed by atoms with Crippen molar-refractivity contribution in [2.75, 3.05) is 26.6 Å². The second-order valence-corrected chi connectivity index (χ2v) is 5.30. The molecule has 0 radical (unpaired) electrons. The van der Waals surface area contributed by atoms with E-state index in [4.69, 9.17) is 9.47 Å². The zero-order valence-electron chi connectivity index (χ0n) is 11.2. The third-order valence-electron chi connectivity index (χ3n) is 3.49. The Morgan fingerprint density at radius 1 is 1.55 bits per heavy atom. The molecule has 20 heavy (non-hydrogen) atoms. The number of nitrogens with zero attached hydrogens (tertiary/aromatic N) is 4. The molecule has 1 aliphatic rings. The fourth-order valence-electron chi connectivity index (χ4n) is 2.50. The first-order valence-electron chi connectivity index (χ1n) is 6.21. The van der Waals surface area contributed by atoms with Crippen LogP contribution in [0.3, 0.4) is 0 Å². The molecule has 1 aliphatic heterocycles. The lowest BCUT2D eigenvalue weighted by Crippen LogP contribution is -2.25. The van der Waals surface area contributed by atoms with Crippen LogP contribution in [0.1, 0.15) is 11.7 Å². The number of thioether (sulfide) groups is 1. The number of rotatable bonds is 3. The highest BCUT2D eigenvalue weighted by atomic mass is 32.2. The molecule has 0 saturated carbocycles. The maximum absolute atomic E-state index is 9.36. The Balaban J connectivity index is 2.19. The van der Waals surface area contributed by atoms with Crippen LogP contribution in [0.4, 0.5) is 0 Å². The first kappa shape index (κ1) is 13.4. The third kappa shape index (κ3) is 2.06. The molecular weight excluding hydrogens is 276 g/mol. The van der Waals surface area contributed by atoms with E-state index in [2.05, 4.69) is 16.0 Å². The molecule has 0 amide bonds. The molecule has 1 saturated heterocycles. The summed E-state index contributed by atoms with van der Waals surface area (Å²) in [5.41, 5.74) is 1.32. The highest BCUT2D eigenvalue weighted by Gasteiger charge is 2.32. The SMILES string of the molecule is CO[C@@H]1COC[C@H]1n1c(C#N)cc2cnc(SC)nc21. The molecule has 0 bridgehead atoms. The number of aromatic nitrogens is 3. The average molecular weight is 290 g/mol. The first-order chi connectivity index (χ1) is 9.78. The van der Waals surface area contributed by atoms with Crippen molar-refractivity contribution in [2.24, 2.45) is 0 Å². The van der Waals surface area contributed by atoms with Crippen molar-refractivity contribution in [3.8, 4) is 6.07 Å². The number of fused-ring (bicyclic) bond motifs is 1. The van der Waals surface area contributed by atoms with E-state index in [1.807, 2.05) is 16.9 Å². The monoisotopic (exact) mass is 290 g/mol. The standard InChI is InChI=1S/C13H14N4O2S/c1-18-11-7-19-6-10(11)17-9(4-14)3-8-5-15-13(20-2)16-12(8)17/h3,5,10-11H,6-7H2,1-2H3/t10-,11-/m1/s1. The molecule has 2 aromatic heterocycles. The summed E-state index contributed by atoms with van der Waals surface area (Å²) < 4.78 is 12.8. The Kier molecular flexibility index (Phi) is 3.61. The Labute approximate surface area is 120 Å². The highest BCUT2D eigenvalue weighted by Crippen LogP contribution is 2.29. The largest absolute Gasteiger partial charge is 0.377 e. The van der Waals surface area contributed by atoms with Gasteiger partial charge in [0.15, 0.2) is 5.16 Å². The molecule has 0 N–H and O–H groups in total. The quantitative estimate of drug-likeness (QED) is 0.631. The van der Waals surface area contributed by atoms with Crippen LogP contribution in [-0.4, -0.2) is 47.2 Å². The first-order valence-corrected chi connectivity index (χ1v) is 7.43. The van der Waals surface area contributed by atoms with Gasteiger partial charge >= 0.3 is 0 Å². The fourth-order valence-corrected chi connectivity index (χ4v) is 2.84. The minimum absolute atomic E-state index is 0.0308. The summed E-state index contributed by atoms with van der Waals surface area (Å²) in [6.45, 7) is 1.06. The molecule has 3 rings (SSSR count). The second-order valence-electron chi connectivity index (χ2n) is 4.53. The molecule has 7 heteroatoms. The predicted octanol–water partition coefficient (Wildman–Crippen LogP) is 1.61. The average Bonchev–Trinajstić information content (AvgIpc) is 3.08. The Bertz CT molecular complexity index is 679. The van der Waals surface area contributed by atoms with Crippen LogP contribution in [0.2, 0.25) is 0 Å². The smallest absolute Gasteiger partial charge is 0.189 e. The van der Waals surface area contributed by atoms with Crippen molar-refractivity contribution < 1.29 is 9.47 Å². The molecule has 0 unspecified atom stereocenters. The summed E-state index contributed by atoms with van der Waals surface area (Å²) in [7, 11) is 1.66. The van der Waals surface area contributed by atoms with Crippen molar-refractivity contribution >= 4 is 22.8 Å². The van der Waals surface area contributed by atoms with Gasteiger partial charge in [-0.3, -0.25) is 0 Å². The van der Waals surface area contributed by atoms with Gasteiger partial charge in [-0.25, -0.2) is 9.97 Å².